The van der Waals surface area contributed by atoms with Gasteiger partial charge in [-0.3, -0.25) is 0 Å². The number of halogens is 1. The summed E-state index contributed by atoms with van der Waals surface area (Å²) in [6.45, 7) is 2.08. The van der Waals surface area contributed by atoms with Crippen LogP contribution in [0.1, 0.15) is 18.5 Å². The van der Waals surface area contributed by atoms with E-state index in [1.165, 1.54) is 0 Å². The molecule has 0 fully saturated rings. The zero-order valence-corrected chi connectivity index (χ0v) is 12.6. The summed E-state index contributed by atoms with van der Waals surface area (Å²) in [4.78, 5) is 0. The summed E-state index contributed by atoms with van der Waals surface area (Å²) in [6.07, 6.45) is 0. The van der Waals surface area contributed by atoms with E-state index in [1.54, 1.807) is 14.2 Å². The molecule has 2 aromatic rings. The van der Waals surface area contributed by atoms with Crippen molar-refractivity contribution in [1.29, 1.82) is 0 Å². The maximum absolute atomic E-state index is 6.04. The highest BCUT2D eigenvalue weighted by atomic mass is 35.5. The van der Waals surface area contributed by atoms with Gasteiger partial charge in [0, 0.05) is 11.1 Å². The molecule has 0 radical (unpaired) electrons. The standard InChI is InChI=1S/C16H18ClNO2/c1-11(12-5-4-6-14(9-12)19-2)18-15-10-13(17)7-8-16(15)20-3/h4-11,18H,1-3H3. The van der Waals surface area contributed by atoms with Crippen LogP contribution in [0.25, 0.3) is 0 Å². The third-order valence-corrected chi connectivity index (χ3v) is 3.36. The summed E-state index contributed by atoms with van der Waals surface area (Å²) in [6, 6.07) is 13.6. The zero-order valence-electron chi connectivity index (χ0n) is 11.8. The summed E-state index contributed by atoms with van der Waals surface area (Å²) < 4.78 is 10.6. The molecule has 0 bridgehead atoms. The van der Waals surface area contributed by atoms with Crippen molar-refractivity contribution in [3.63, 3.8) is 0 Å². The highest BCUT2D eigenvalue weighted by Crippen LogP contribution is 2.31. The normalized spacial score (nSPS) is 11.8. The average Bonchev–Trinajstić information content (AvgIpc) is 2.47. The maximum atomic E-state index is 6.04. The molecule has 4 heteroatoms. The molecule has 1 N–H and O–H groups in total. The number of hydrogen-bond donors (Lipinski definition) is 1. The lowest BCUT2D eigenvalue weighted by Crippen LogP contribution is -2.07. The van der Waals surface area contributed by atoms with Crippen molar-refractivity contribution >= 4 is 17.3 Å². The monoisotopic (exact) mass is 291 g/mol. The molecule has 106 valence electrons. The highest BCUT2D eigenvalue weighted by Gasteiger charge is 2.10. The first-order valence-electron chi connectivity index (χ1n) is 6.38. The molecule has 0 amide bonds. The fourth-order valence-electron chi connectivity index (χ4n) is 2.02. The average molecular weight is 292 g/mol. The molecule has 1 atom stereocenters. The van der Waals surface area contributed by atoms with Gasteiger partial charge in [0.25, 0.3) is 0 Å². The fourth-order valence-corrected chi connectivity index (χ4v) is 2.19. The summed E-state index contributed by atoms with van der Waals surface area (Å²) in [5, 5.41) is 4.08. The lowest BCUT2D eigenvalue weighted by molar-refractivity contribution is 0.413. The van der Waals surface area contributed by atoms with E-state index in [1.807, 2.05) is 36.4 Å². The van der Waals surface area contributed by atoms with Crippen molar-refractivity contribution < 1.29 is 9.47 Å². The number of benzene rings is 2. The second kappa shape index (κ2) is 6.53. The third kappa shape index (κ3) is 3.36. The van der Waals surface area contributed by atoms with E-state index in [-0.39, 0.29) is 6.04 Å². The molecule has 0 aromatic heterocycles. The Kier molecular flexibility index (Phi) is 4.74. The van der Waals surface area contributed by atoms with Crippen LogP contribution in [-0.4, -0.2) is 14.2 Å². The van der Waals surface area contributed by atoms with E-state index in [9.17, 15) is 0 Å². The van der Waals surface area contributed by atoms with Crippen LogP contribution in [0.3, 0.4) is 0 Å². The molecular weight excluding hydrogens is 274 g/mol. The molecule has 0 aliphatic rings. The zero-order chi connectivity index (χ0) is 14.5. The SMILES string of the molecule is COc1cccc(C(C)Nc2cc(Cl)ccc2OC)c1. The predicted octanol–water partition coefficient (Wildman–Crippen LogP) is 4.53. The Hall–Kier alpha value is -1.87. The van der Waals surface area contributed by atoms with Gasteiger partial charge < -0.3 is 14.8 Å². The van der Waals surface area contributed by atoms with Gasteiger partial charge in [0.05, 0.1) is 19.9 Å². The maximum Gasteiger partial charge on any atom is 0.142 e. The van der Waals surface area contributed by atoms with E-state index in [4.69, 9.17) is 21.1 Å². The molecule has 0 saturated carbocycles. The van der Waals surface area contributed by atoms with Crippen molar-refractivity contribution in [3.8, 4) is 11.5 Å². The number of ether oxygens (including phenoxy) is 2. The molecule has 0 aliphatic heterocycles. The van der Waals surface area contributed by atoms with Gasteiger partial charge in [0.1, 0.15) is 11.5 Å². The van der Waals surface area contributed by atoms with E-state index < -0.39 is 0 Å². The van der Waals surface area contributed by atoms with Crippen molar-refractivity contribution in [2.75, 3.05) is 19.5 Å². The molecule has 0 saturated heterocycles. The van der Waals surface area contributed by atoms with Crippen molar-refractivity contribution in [2.24, 2.45) is 0 Å². The quantitative estimate of drug-likeness (QED) is 0.878. The summed E-state index contributed by atoms with van der Waals surface area (Å²) in [7, 11) is 3.31. The first-order chi connectivity index (χ1) is 9.63. The smallest absolute Gasteiger partial charge is 0.142 e. The van der Waals surface area contributed by atoms with E-state index >= 15 is 0 Å². The van der Waals surface area contributed by atoms with Crippen molar-refractivity contribution in [1.82, 2.24) is 0 Å². The van der Waals surface area contributed by atoms with Crippen LogP contribution in [0, 0.1) is 0 Å². The van der Waals surface area contributed by atoms with Gasteiger partial charge >= 0.3 is 0 Å². The summed E-state index contributed by atoms with van der Waals surface area (Å²) in [5.74, 6) is 1.61. The Morgan fingerprint density at radius 1 is 1.05 bits per heavy atom. The highest BCUT2D eigenvalue weighted by molar-refractivity contribution is 6.30. The Bertz CT molecular complexity index is 586. The van der Waals surface area contributed by atoms with Gasteiger partial charge in [-0.2, -0.15) is 0 Å². The third-order valence-electron chi connectivity index (χ3n) is 3.13. The topological polar surface area (TPSA) is 30.5 Å². The molecule has 20 heavy (non-hydrogen) atoms. The predicted molar refractivity (Wildman–Crippen MR) is 83.0 cm³/mol. The number of rotatable bonds is 5. The minimum Gasteiger partial charge on any atom is -0.497 e. The van der Waals surface area contributed by atoms with Gasteiger partial charge in [-0.05, 0) is 42.8 Å². The molecule has 1 unspecified atom stereocenters. The molecule has 2 aromatic carbocycles. The Labute approximate surface area is 124 Å². The van der Waals surface area contributed by atoms with Crippen LogP contribution in [0.15, 0.2) is 42.5 Å². The minimum atomic E-state index is 0.109. The number of methoxy groups -OCH3 is 2. The van der Waals surface area contributed by atoms with E-state index in [2.05, 4.69) is 18.3 Å². The lowest BCUT2D eigenvalue weighted by atomic mass is 10.1. The summed E-state index contributed by atoms with van der Waals surface area (Å²) in [5.41, 5.74) is 2.00. The molecule has 3 nitrogen and oxygen atoms in total. The van der Waals surface area contributed by atoms with Gasteiger partial charge in [-0.1, -0.05) is 23.7 Å². The first-order valence-corrected chi connectivity index (χ1v) is 6.76. The first kappa shape index (κ1) is 14.5. The van der Waals surface area contributed by atoms with Crippen molar-refractivity contribution in [2.45, 2.75) is 13.0 Å². The van der Waals surface area contributed by atoms with Gasteiger partial charge in [-0.25, -0.2) is 0 Å². The number of nitrogens with one attached hydrogen (secondary N) is 1. The van der Waals surface area contributed by atoms with Gasteiger partial charge in [0.2, 0.25) is 0 Å². The van der Waals surface area contributed by atoms with E-state index in [0.717, 1.165) is 22.7 Å². The Morgan fingerprint density at radius 2 is 1.85 bits per heavy atom. The van der Waals surface area contributed by atoms with Gasteiger partial charge in [-0.15, -0.1) is 0 Å². The molecule has 0 aliphatic carbocycles. The molecule has 0 heterocycles. The second-order valence-electron chi connectivity index (χ2n) is 4.49. The largest absolute Gasteiger partial charge is 0.497 e. The Morgan fingerprint density at radius 3 is 2.55 bits per heavy atom. The number of hydrogen-bond acceptors (Lipinski definition) is 3. The minimum absolute atomic E-state index is 0.109. The fraction of sp³-hybridized carbons (Fsp3) is 0.250. The van der Waals surface area contributed by atoms with Crippen molar-refractivity contribution in [3.05, 3.63) is 53.1 Å². The lowest BCUT2D eigenvalue weighted by Gasteiger charge is -2.18. The second-order valence-corrected chi connectivity index (χ2v) is 4.92. The van der Waals surface area contributed by atoms with Gasteiger partial charge in [0.15, 0.2) is 0 Å². The van der Waals surface area contributed by atoms with Crippen LogP contribution in [0.2, 0.25) is 5.02 Å². The van der Waals surface area contributed by atoms with Crippen LogP contribution in [0.4, 0.5) is 5.69 Å². The van der Waals surface area contributed by atoms with Crippen LogP contribution in [0.5, 0.6) is 11.5 Å². The molecular formula is C16H18ClNO2. The molecule has 2 rings (SSSR count). The van der Waals surface area contributed by atoms with Crippen LogP contribution >= 0.6 is 11.6 Å². The Balaban J connectivity index is 2.22. The summed E-state index contributed by atoms with van der Waals surface area (Å²) >= 11 is 6.04. The number of anilines is 1. The van der Waals surface area contributed by atoms with Crippen LogP contribution < -0.4 is 14.8 Å². The molecule has 0 spiro atoms. The van der Waals surface area contributed by atoms with Crippen LogP contribution in [-0.2, 0) is 0 Å². The van der Waals surface area contributed by atoms with E-state index in [0.29, 0.717) is 5.02 Å².